The van der Waals surface area contributed by atoms with Gasteiger partial charge in [-0.15, -0.1) is 0 Å². The van der Waals surface area contributed by atoms with E-state index in [0.29, 0.717) is 6.04 Å². The number of aryl methyl sites for hydroxylation is 2. The molecule has 0 saturated heterocycles. The summed E-state index contributed by atoms with van der Waals surface area (Å²) in [6, 6.07) is 0.580. The Labute approximate surface area is 92.9 Å². The SMILES string of the molecule is CCCC(Cc1c(C)nn(C)c1C)NC. The Morgan fingerprint density at radius 2 is 2.07 bits per heavy atom. The fraction of sp³-hybridized carbons (Fsp3) is 0.750. The Hall–Kier alpha value is -0.830. The zero-order valence-corrected chi connectivity index (χ0v) is 10.6. The van der Waals surface area contributed by atoms with Crippen molar-refractivity contribution in [2.45, 2.75) is 46.1 Å². The van der Waals surface area contributed by atoms with Gasteiger partial charge >= 0.3 is 0 Å². The molecule has 0 aliphatic heterocycles. The van der Waals surface area contributed by atoms with Crippen molar-refractivity contribution in [2.24, 2.45) is 7.05 Å². The molecule has 0 saturated carbocycles. The van der Waals surface area contributed by atoms with Crippen molar-refractivity contribution in [3.05, 3.63) is 17.0 Å². The molecule has 0 radical (unpaired) electrons. The summed E-state index contributed by atoms with van der Waals surface area (Å²) in [4.78, 5) is 0. The van der Waals surface area contributed by atoms with Crippen LogP contribution >= 0.6 is 0 Å². The van der Waals surface area contributed by atoms with Crippen molar-refractivity contribution in [3.8, 4) is 0 Å². The summed E-state index contributed by atoms with van der Waals surface area (Å²) in [5, 5.41) is 7.83. The highest BCUT2D eigenvalue weighted by Gasteiger charge is 2.13. The maximum absolute atomic E-state index is 4.45. The van der Waals surface area contributed by atoms with Gasteiger partial charge in [0.2, 0.25) is 0 Å². The zero-order chi connectivity index (χ0) is 11.4. The van der Waals surface area contributed by atoms with E-state index < -0.39 is 0 Å². The molecule has 0 aliphatic rings. The van der Waals surface area contributed by atoms with E-state index in [1.54, 1.807) is 0 Å². The van der Waals surface area contributed by atoms with E-state index in [9.17, 15) is 0 Å². The van der Waals surface area contributed by atoms with E-state index in [0.717, 1.165) is 6.42 Å². The molecule has 1 rings (SSSR count). The molecular weight excluding hydrogens is 186 g/mol. The van der Waals surface area contributed by atoms with Crippen LogP contribution in [0.3, 0.4) is 0 Å². The molecule has 86 valence electrons. The van der Waals surface area contributed by atoms with Crippen LogP contribution in [0, 0.1) is 13.8 Å². The van der Waals surface area contributed by atoms with Gasteiger partial charge in [-0.05, 0) is 39.3 Å². The Kier molecular flexibility index (Phi) is 4.33. The Morgan fingerprint density at radius 3 is 2.47 bits per heavy atom. The van der Waals surface area contributed by atoms with Crippen LogP contribution in [0.4, 0.5) is 0 Å². The molecule has 3 heteroatoms. The number of nitrogens with zero attached hydrogens (tertiary/aromatic N) is 2. The van der Waals surface area contributed by atoms with Gasteiger partial charge < -0.3 is 5.32 Å². The first-order valence-corrected chi connectivity index (χ1v) is 5.76. The zero-order valence-electron chi connectivity index (χ0n) is 10.6. The standard InChI is InChI=1S/C12H23N3/c1-6-7-11(13-4)8-12-9(2)14-15(5)10(12)3/h11,13H,6-8H2,1-5H3. The second kappa shape index (κ2) is 5.31. The molecule has 0 fully saturated rings. The first-order chi connectivity index (χ1) is 7.10. The summed E-state index contributed by atoms with van der Waals surface area (Å²) < 4.78 is 1.98. The highest BCUT2D eigenvalue weighted by atomic mass is 15.3. The van der Waals surface area contributed by atoms with Crippen LogP contribution in [-0.4, -0.2) is 22.9 Å². The summed E-state index contributed by atoms with van der Waals surface area (Å²) >= 11 is 0. The lowest BCUT2D eigenvalue weighted by Crippen LogP contribution is -2.27. The molecular formula is C12H23N3. The molecule has 15 heavy (non-hydrogen) atoms. The Morgan fingerprint density at radius 1 is 1.40 bits per heavy atom. The lowest BCUT2D eigenvalue weighted by Gasteiger charge is -2.15. The third-order valence-corrected chi connectivity index (χ3v) is 3.15. The monoisotopic (exact) mass is 209 g/mol. The van der Waals surface area contributed by atoms with Crippen LogP contribution in [0.5, 0.6) is 0 Å². The van der Waals surface area contributed by atoms with Crippen molar-refractivity contribution >= 4 is 0 Å². The maximum atomic E-state index is 4.45. The first kappa shape index (κ1) is 12.2. The van der Waals surface area contributed by atoms with Gasteiger partial charge in [0.1, 0.15) is 0 Å². The van der Waals surface area contributed by atoms with E-state index in [2.05, 4.69) is 31.2 Å². The minimum absolute atomic E-state index is 0.580. The van der Waals surface area contributed by atoms with Crippen molar-refractivity contribution in [3.63, 3.8) is 0 Å². The summed E-state index contributed by atoms with van der Waals surface area (Å²) in [6.07, 6.45) is 3.55. The Bertz CT molecular complexity index is 315. The molecule has 0 aliphatic carbocycles. The number of nitrogens with one attached hydrogen (secondary N) is 1. The number of aromatic nitrogens is 2. The average Bonchev–Trinajstić information content (AvgIpc) is 2.44. The van der Waals surface area contributed by atoms with Gasteiger partial charge in [-0.2, -0.15) is 5.10 Å². The van der Waals surface area contributed by atoms with Crippen LogP contribution in [0.2, 0.25) is 0 Å². The third-order valence-electron chi connectivity index (χ3n) is 3.15. The lowest BCUT2D eigenvalue weighted by molar-refractivity contribution is 0.512. The van der Waals surface area contributed by atoms with E-state index in [4.69, 9.17) is 0 Å². The van der Waals surface area contributed by atoms with Gasteiger partial charge in [0, 0.05) is 18.8 Å². The minimum atomic E-state index is 0.580. The van der Waals surface area contributed by atoms with Gasteiger partial charge in [0.15, 0.2) is 0 Å². The van der Waals surface area contributed by atoms with E-state index >= 15 is 0 Å². The molecule has 0 aromatic carbocycles. The predicted molar refractivity (Wildman–Crippen MR) is 64.1 cm³/mol. The fourth-order valence-electron chi connectivity index (χ4n) is 2.06. The van der Waals surface area contributed by atoms with Crippen molar-refractivity contribution in [1.82, 2.24) is 15.1 Å². The van der Waals surface area contributed by atoms with E-state index in [-0.39, 0.29) is 0 Å². The quantitative estimate of drug-likeness (QED) is 0.803. The summed E-state index contributed by atoms with van der Waals surface area (Å²) in [5.41, 5.74) is 3.88. The predicted octanol–water partition coefficient (Wildman–Crippen LogP) is 1.97. The molecule has 1 aromatic rings. The second-order valence-electron chi connectivity index (χ2n) is 4.25. The maximum Gasteiger partial charge on any atom is 0.0628 e. The van der Waals surface area contributed by atoms with Gasteiger partial charge in [0.05, 0.1) is 5.69 Å². The number of rotatable bonds is 5. The first-order valence-electron chi connectivity index (χ1n) is 5.76. The van der Waals surface area contributed by atoms with Gasteiger partial charge in [-0.1, -0.05) is 13.3 Å². The number of likely N-dealkylation sites (N-methyl/N-ethyl adjacent to an activating group) is 1. The average molecular weight is 209 g/mol. The number of hydrogen-bond donors (Lipinski definition) is 1. The molecule has 0 spiro atoms. The highest BCUT2D eigenvalue weighted by molar-refractivity contribution is 5.25. The van der Waals surface area contributed by atoms with Gasteiger partial charge in [0.25, 0.3) is 0 Å². The molecule has 0 bridgehead atoms. The third kappa shape index (κ3) is 2.81. The van der Waals surface area contributed by atoms with Crippen molar-refractivity contribution in [2.75, 3.05) is 7.05 Å². The van der Waals surface area contributed by atoms with Gasteiger partial charge in [-0.25, -0.2) is 0 Å². The van der Waals surface area contributed by atoms with Crippen molar-refractivity contribution in [1.29, 1.82) is 0 Å². The molecule has 0 amide bonds. The van der Waals surface area contributed by atoms with Crippen LogP contribution in [0.25, 0.3) is 0 Å². The largest absolute Gasteiger partial charge is 0.317 e. The van der Waals surface area contributed by atoms with E-state index in [1.807, 2.05) is 18.8 Å². The topological polar surface area (TPSA) is 29.9 Å². The molecule has 1 atom stereocenters. The molecule has 3 nitrogen and oxygen atoms in total. The van der Waals surface area contributed by atoms with Crippen LogP contribution < -0.4 is 5.32 Å². The van der Waals surface area contributed by atoms with Crippen LogP contribution in [-0.2, 0) is 13.5 Å². The van der Waals surface area contributed by atoms with Crippen LogP contribution in [0.15, 0.2) is 0 Å². The van der Waals surface area contributed by atoms with Gasteiger partial charge in [-0.3, -0.25) is 4.68 Å². The molecule has 1 unspecified atom stereocenters. The summed E-state index contributed by atoms with van der Waals surface area (Å²) in [5.74, 6) is 0. The smallest absolute Gasteiger partial charge is 0.0628 e. The molecule has 1 N–H and O–H groups in total. The molecule has 1 aromatic heterocycles. The second-order valence-corrected chi connectivity index (χ2v) is 4.25. The Balaban J connectivity index is 2.78. The fourth-order valence-corrected chi connectivity index (χ4v) is 2.06. The van der Waals surface area contributed by atoms with Crippen LogP contribution in [0.1, 0.15) is 36.7 Å². The molecule has 1 heterocycles. The minimum Gasteiger partial charge on any atom is -0.317 e. The van der Waals surface area contributed by atoms with E-state index in [1.165, 1.54) is 29.8 Å². The highest BCUT2D eigenvalue weighted by Crippen LogP contribution is 2.15. The summed E-state index contributed by atoms with van der Waals surface area (Å²) in [6.45, 7) is 6.47. The summed E-state index contributed by atoms with van der Waals surface area (Å²) in [7, 11) is 4.06. The lowest BCUT2D eigenvalue weighted by atomic mass is 10.0. The van der Waals surface area contributed by atoms with Crippen molar-refractivity contribution < 1.29 is 0 Å². The number of hydrogen-bond acceptors (Lipinski definition) is 2. The normalized spacial score (nSPS) is 13.1.